The van der Waals surface area contributed by atoms with Crippen molar-refractivity contribution in [1.82, 2.24) is 14.8 Å². The Morgan fingerprint density at radius 2 is 2.16 bits per heavy atom. The molecular formula is C13H19N3O2S. The summed E-state index contributed by atoms with van der Waals surface area (Å²) in [5, 5.41) is 9.28. The van der Waals surface area contributed by atoms with Crippen LogP contribution in [0.15, 0.2) is 5.16 Å². The van der Waals surface area contributed by atoms with Crippen molar-refractivity contribution in [3.8, 4) is 0 Å². The van der Waals surface area contributed by atoms with Crippen LogP contribution >= 0.6 is 11.8 Å². The minimum Gasteiger partial charge on any atom is -0.465 e. The topological polar surface area (TPSA) is 57.0 Å². The van der Waals surface area contributed by atoms with Crippen LogP contribution in [0.4, 0.5) is 0 Å². The van der Waals surface area contributed by atoms with Crippen molar-refractivity contribution < 1.29 is 9.53 Å². The van der Waals surface area contributed by atoms with Crippen LogP contribution in [0, 0.1) is 0 Å². The molecule has 2 aliphatic rings. The Morgan fingerprint density at radius 1 is 1.42 bits per heavy atom. The fourth-order valence-electron chi connectivity index (χ4n) is 2.13. The van der Waals surface area contributed by atoms with Crippen molar-refractivity contribution in [3.05, 3.63) is 5.82 Å². The number of hydrogen-bond acceptors (Lipinski definition) is 5. The maximum Gasteiger partial charge on any atom is 0.319 e. The molecule has 1 aromatic heterocycles. The molecule has 0 saturated heterocycles. The molecule has 1 heterocycles. The molecule has 0 unspecified atom stereocenters. The van der Waals surface area contributed by atoms with Crippen LogP contribution in [-0.4, -0.2) is 32.6 Å². The SMILES string of the molecule is CCOC(=O)[C@@H](C)Sc1nnc(C2CC2)n1C1CC1. The number of aromatic nitrogens is 3. The van der Waals surface area contributed by atoms with Crippen LogP contribution < -0.4 is 0 Å². The molecule has 1 aromatic rings. The molecule has 1 atom stereocenters. The van der Waals surface area contributed by atoms with E-state index >= 15 is 0 Å². The van der Waals surface area contributed by atoms with Gasteiger partial charge < -0.3 is 9.30 Å². The van der Waals surface area contributed by atoms with E-state index in [-0.39, 0.29) is 11.2 Å². The zero-order valence-corrected chi connectivity index (χ0v) is 12.2. The highest BCUT2D eigenvalue weighted by Gasteiger charge is 2.37. The Balaban J connectivity index is 1.75. The summed E-state index contributed by atoms with van der Waals surface area (Å²) < 4.78 is 7.30. The standard InChI is InChI=1S/C13H19N3O2S/c1-3-18-12(17)8(2)19-13-15-14-11(9-4-5-9)16(13)10-6-7-10/h8-10H,3-7H2,1-2H3/t8-/m1/s1. The minimum absolute atomic E-state index is 0.175. The van der Waals surface area contributed by atoms with Gasteiger partial charge in [-0.25, -0.2) is 0 Å². The first kappa shape index (κ1) is 13.0. The zero-order chi connectivity index (χ0) is 13.4. The summed E-state index contributed by atoms with van der Waals surface area (Å²) in [6.07, 6.45) is 4.87. The number of carbonyl (C=O) groups is 1. The van der Waals surface area contributed by atoms with E-state index in [1.807, 2.05) is 13.8 Å². The molecule has 5 nitrogen and oxygen atoms in total. The van der Waals surface area contributed by atoms with Crippen molar-refractivity contribution in [3.63, 3.8) is 0 Å². The monoisotopic (exact) mass is 281 g/mol. The van der Waals surface area contributed by atoms with Crippen LogP contribution in [0.2, 0.25) is 0 Å². The average molecular weight is 281 g/mol. The highest BCUT2D eigenvalue weighted by Crippen LogP contribution is 2.46. The molecule has 3 rings (SSSR count). The van der Waals surface area contributed by atoms with Crippen LogP contribution in [0.1, 0.15) is 57.3 Å². The van der Waals surface area contributed by atoms with E-state index in [0.717, 1.165) is 11.0 Å². The Labute approximate surface area is 117 Å². The first-order valence-electron chi connectivity index (χ1n) is 6.98. The molecule has 2 saturated carbocycles. The Bertz CT molecular complexity index is 480. The van der Waals surface area contributed by atoms with Gasteiger partial charge in [-0.05, 0) is 39.5 Å². The largest absolute Gasteiger partial charge is 0.465 e. The Kier molecular flexibility index (Phi) is 3.52. The van der Waals surface area contributed by atoms with Gasteiger partial charge in [-0.1, -0.05) is 11.8 Å². The van der Waals surface area contributed by atoms with Gasteiger partial charge in [0.15, 0.2) is 5.16 Å². The van der Waals surface area contributed by atoms with Crippen LogP contribution in [0.5, 0.6) is 0 Å². The van der Waals surface area contributed by atoms with E-state index in [1.165, 1.54) is 37.4 Å². The Morgan fingerprint density at radius 3 is 2.74 bits per heavy atom. The van der Waals surface area contributed by atoms with Gasteiger partial charge in [0.25, 0.3) is 0 Å². The predicted octanol–water partition coefficient (Wildman–Crippen LogP) is 2.53. The quantitative estimate of drug-likeness (QED) is 0.592. The summed E-state index contributed by atoms with van der Waals surface area (Å²) in [6.45, 7) is 4.12. The lowest BCUT2D eigenvalue weighted by Crippen LogP contribution is -2.17. The molecule has 6 heteroatoms. The van der Waals surface area contributed by atoms with Gasteiger partial charge in [0, 0.05) is 12.0 Å². The average Bonchev–Trinajstić information content (AvgIpc) is 3.29. The third kappa shape index (κ3) is 2.78. The molecule has 104 valence electrons. The van der Waals surface area contributed by atoms with Crippen molar-refractivity contribution in [2.45, 2.75) is 61.9 Å². The van der Waals surface area contributed by atoms with Crippen LogP contribution in [0.3, 0.4) is 0 Å². The molecule has 0 spiro atoms. The third-order valence-corrected chi connectivity index (χ3v) is 4.48. The first-order chi connectivity index (χ1) is 9.20. The van der Waals surface area contributed by atoms with E-state index in [1.54, 1.807) is 0 Å². The number of hydrogen-bond donors (Lipinski definition) is 0. The molecule has 2 fully saturated rings. The summed E-state index contributed by atoms with van der Waals surface area (Å²) in [4.78, 5) is 11.7. The van der Waals surface area contributed by atoms with Gasteiger partial charge in [-0.15, -0.1) is 10.2 Å². The minimum atomic E-state index is -0.228. The molecular weight excluding hydrogens is 262 g/mol. The van der Waals surface area contributed by atoms with Crippen molar-refractivity contribution in [2.24, 2.45) is 0 Å². The van der Waals surface area contributed by atoms with Gasteiger partial charge in [0.1, 0.15) is 11.1 Å². The number of rotatable bonds is 6. The van der Waals surface area contributed by atoms with E-state index < -0.39 is 0 Å². The normalized spacial score (nSPS) is 20.3. The van der Waals surface area contributed by atoms with Crippen molar-refractivity contribution >= 4 is 17.7 Å². The van der Waals surface area contributed by atoms with Crippen molar-refractivity contribution in [2.75, 3.05) is 6.61 Å². The molecule has 2 aliphatic carbocycles. The molecule has 19 heavy (non-hydrogen) atoms. The molecule has 0 bridgehead atoms. The van der Waals surface area contributed by atoms with Crippen LogP contribution in [0.25, 0.3) is 0 Å². The Hall–Kier alpha value is -1.04. The second-order valence-electron chi connectivity index (χ2n) is 5.23. The fraction of sp³-hybridized carbons (Fsp3) is 0.769. The number of carbonyl (C=O) groups excluding carboxylic acids is 1. The van der Waals surface area contributed by atoms with Crippen LogP contribution in [-0.2, 0) is 9.53 Å². The summed E-state index contributed by atoms with van der Waals surface area (Å²) in [5.41, 5.74) is 0. The van der Waals surface area contributed by atoms with Gasteiger partial charge in [0.2, 0.25) is 0 Å². The first-order valence-corrected chi connectivity index (χ1v) is 7.86. The smallest absolute Gasteiger partial charge is 0.319 e. The fourth-order valence-corrected chi connectivity index (χ4v) is 3.06. The third-order valence-electron chi connectivity index (χ3n) is 3.45. The lowest BCUT2D eigenvalue weighted by atomic mass is 10.4. The van der Waals surface area contributed by atoms with E-state index in [4.69, 9.17) is 4.74 Å². The maximum absolute atomic E-state index is 11.7. The van der Waals surface area contributed by atoms with Gasteiger partial charge in [0.05, 0.1) is 6.61 Å². The van der Waals surface area contributed by atoms with E-state index in [9.17, 15) is 4.79 Å². The molecule has 0 aliphatic heterocycles. The number of ether oxygens (including phenoxy) is 1. The molecule has 0 N–H and O–H groups in total. The lowest BCUT2D eigenvalue weighted by molar-refractivity contribution is -0.142. The maximum atomic E-state index is 11.7. The summed E-state index contributed by atoms with van der Waals surface area (Å²) in [6, 6.07) is 0.558. The van der Waals surface area contributed by atoms with E-state index in [0.29, 0.717) is 18.6 Å². The van der Waals surface area contributed by atoms with Gasteiger partial charge >= 0.3 is 5.97 Å². The lowest BCUT2D eigenvalue weighted by Gasteiger charge is -2.11. The second-order valence-corrected chi connectivity index (χ2v) is 6.54. The predicted molar refractivity (Wildman–Crippen MR) is 72.2 cm³/mol. The van der Waals surface area contributed by atoms with Gasteiger partial charge in [-0.2, -0.15) is 0 Å². The highest BCUT2D eigenvalue weighted by atomic mass is 32.2. The number of nitrogens with zero attached hydrogens (tertiary/aromatic N) is 3. The van der Waals surface area contributed by atoms with E-state index in [2.05, 4.69) is 14.8 Å². The van der Waals surface area contributed by atoms with Crippen molar-refractivity contribution in [1.29, 1.82) is 0 Å². The highest BCUT2D eigenvalue weighted by molar-refractivity contribution is 8.00. The van der Waals surface area contributed by atoms with Gasteiger partial charge in [-0.3, -0.25) is 4.79 Å². The summed E-state index contributed by atoms with van der Waals surface area (Å²) >= 11 is 1.47. The zero-order valence-electron chi connectivity index (χ0n) is 11.3. The number of thioether (sulfide) groups is 1. The number of esters is 1. The molecule has 0 radical (unpaired) electrons. The molecule has 0 amide bonds. The summed E-state index contributed by atoms with van der Waals surface area (Å²) in [7, 11) is 0. The second kappa shape index (κ2) is 5.15. The molecule has 0 aromatic carbocycles. The summed E-state index contributed by atoms with van der Waals surface area (Å²) in [5.74, 6) is 1.55.